The first-order valence-electron chi connectivity index (χ1n) is 10.00. The minimum Gasteiger partial charge on any atom is -0.493 e. The topological polar surface area (TPSA) is 128 Å². The number of nitrogens with one attached hydrogen (secondary N) is 1. The fraction of sp³-hybridized carbons (Fsp3) is 0.450. The summed E-state index contributed by atoms with van der Waals surface area (Å²) in [6.45, 7) is 6.77. The highest BCUT2D eigenvalue weighted by Gasteiger charge is 2.25. The third kappa shape index (κ3) is 3.77. The minimum atomic E-state index is 0.237. The zero-order chi connectivity index (χ0) is 20.4. The van der Waals surface area contributed by atoms with E-state index >= 15 is 0 Å². The maximum absolute atomic E-state index is 6.08. The Labute approximate surface area is 169 Å². The molecule has 9 heteroatoms. The zero-order valence-corrected chi connectivity index (χ0v) is 16.8. The van der Waals surface area contributed by atoms with Crippen LogP contribution in [-0.4, -0.2) is 52.6 Å². The van der Waals surface area contributed by atoms with Gasteiger partial charge in [0.25, 0.3) is 0 Å². The van der Waals surface area contributed by atoms with Crippen molar-refractivity contribution in [2.45, 2.75) is 32.7 Å². The summed E-state index contributed by atoms with van der Waals surface area (Å²) >= 11 is 0. The van der Waals surface area contributed by atoms with E-state index in [1.807, 2.05) is 25.1 Å². The van der Waals surface area contributed by atoms with E-state index in [9.17, 15) is 0 Å². The number of hydrogen-bond acceptors (Lipinski definition) is 8. The van der Waals surface area contributed by atoms with Gasteiger partial charge in [0.1, 0.15) is 11.6 Å². The van der Waals surface area contributed by atoms with Crippen LogP contribution in [-0.2, 0) is 4.74 Å². The summed E-state index contributed by atoms with van der Waals surface area (Å²) in [5.74, 6) is 2.13. The summed E-state index contributed by atoms with van der Waals surface area (Å²) < 4.78 is 11.5. The van der Waals surface area contributed by atoms with E-state index in [0.29, 0.717) is 31.4 Å². The van der Waals surface area contributed by atoms with Crippen LogP contribution in [0.15, 0.2) is 18.2 Å². The minimum absolute atomic E-state index is 0.237. The van der Waals surface area contributed by atoms with Crippen LogP contribution in [0, 0.1) is 0 Å². The van der Waals surface area contributed by atoms with Crippen molar-refractivity contribution in [2.75, 3.05) is 42.7 Å². The SMILES string of the molecule is CCCC1COCCN1c1cc(-c2cc(OCC)c3c(N)n[nH]c3c2)nc(N)n1. The van der Waals surface area contributed by atoms with Gasteiger partial charge in [0.05, 0.1) is 42.5 Å². The molecule has 4 rings (SSSR count). The molecule has 1 unspecified atom stereocenters. The monoisotopic (exact) mass is 397 g/mol. The first-order valence-corrected chi connectivity index (χ1v) is 10.00. The highest BCUT2D eigenvalue weighted by molar-refractivity contribution is 5.97. The van der Waals surface area contributed by atoms with Crippen molar-refractivity contribution in [3.63, 3.8) is 0 Å². The van der Waals surface area contributed by atoms with Gasteiger partial charge >= 0.3 is 0 Å². The number of morpholine rings is 1. The highest BCUT2D eigenvalue weighted by atomic mass is 16.5. The lowest BCUT2D eigenvalue weighted by molar-refractivity contribution is 0.0909. The third-order valence-corrected chi connectivity index (χ3v) is 5.12. The number of benzene rings is 1. The predicted octanol–water partition coefficient (Wildman–Crippen LogP) is 2.59. The van der Waals surface area contributed by atoms with E-state index in [1.54, 1.807) is 0 Å². The number of H-pyrrole nitrogens is 1. The van der Waals surface area contributed by atoms with Gasteiger partial charge in [0.15, 0.2) is 5.82 Å². The first kappa shape index (κ1) is 19.3. The Morgan fingerprint density at radius 1 is 1.24 bits per heavy atom. The molecule has 1 aliphatic heterocycles. The summed E-state index contributed by atoms with van der Waals surface area (Å²) in [5, 5.41) is 7.83. The van der Waals surface area contributed by atoms with Gasteiger partial charge < -0.3 is 25.8 Å². The van der Waals surface area contributed by atoms with Crippen molar-refractivity contribution in [3.8, 4) is 17.0 Å². The van der Waals surface area contributed by atoms with Crippen LogP contribution in [0.5, 0.6) is 5.75 Å². The smallest absolute Gasteiger partial charge is 0.222 e. The zero-order valence-electron chi connectivity index (χ0n) is 16.8. The molecule has 1 fully saturated rings. The Hall–Kier alpha value is -3.07. The lowest BCUT2D eigenvalue weighted by Gasteiger charge is -2.36. The average Bonchev–Trinajstić information content (AvgIpc) is 3.09. The lowest BCUT2D eigenvalue weighted by Crippen LogP contribution is -2.46. The van der Waals surface area contributed by atoms with Gasteiger partial charge in [0, 0.05) is 18.2 Å². The fourth-order valence-corrected chi connectivity index (χ4v) is 3.84. The largest absolute Gasteiger partial charge is 0.493 e. The second-order valence-electron chi connectivity index (χ2n) is 7.12. The number of nitrogens with two attached hydrogens (primary N) is 2. The van der Waals surface area contributed by atoms with Gasteiger partial charge in [-0.1, -0.05) is 13.3 Å². The second-order valence-corrected chi connectivity index (χ2v) is 7.12. The maximum Gasteiger partial charge on any atom is 0.222 e. The molecule has 3 heterocycles. The predicted molar refractivity (Wildman–Crippen MR) is 114 cm³/mol. The van der Waals surface area contributed by atoms with Crippen molar-refractivity contribution in [1.82, 2.24) is 20.2 Å². The van der Waals surface area contributed by atoms with Crippen LogP contribution in [0.25, 0.3) is 22.2 Å². The average molecular weight is 397 g/mol. The summed E-state index contributed by atoms with van der Waals surface area (Å²) in [4.78, 5) is 11.2. The van der Waals surface area contributed by atoms with E-state index in [2.05, 4.69) is 32.0 Å². The van der Waals surface area contributed by atoms with Gasteiger partial charge in [-0.05, 0) is 25.5 Å². The molecule has 0 amide bonds. The summed E-state index contributed by atoms with van der Waals surface area (Å²) in [7, 11) is 0. The van der Waals surface area contributed by atoms with Crippen molar-refractivity contribution in [3.05, 3.63) is 18.2 Å². The number of aromatic nitrogens is 4. The molecule has 1 aliphatic rings. The Kier molecular flexibility index (Phi) is 5.39. The van der Waals surface area contributed by atoms with Crippen LogP contribution >= 0.6 is 0 Å². The fourth-order valence-electron chi connectivity index (χ4n) is 3.84. The van der Waals surface area contributed by atoms with Crippen molar-refractivity contribution < 1.29 is 9.47 Å². The number of aromatic amines is 1. The highest BCUT2D eigenvalue weighted by Crippen LogP contribution is 2.35. The Morgan fingerprint density at radius 3 is 2.90 bits per heavy atom. The quantitative estimate of drug-likeness (QED) is 0.579. The summed E-state index contributed by atoms with van der Waals surface area (Å²) in [6, 6.07) is 6.13. The van der Waals surface area contributed by atoms with Crippen LogP contribution in [0.4, 0.5) is 17.6 Å². The molecule has 0 spiro atoms. The number of anilines is 3. The number of rotatable bonds is 6. The lowest BCUT2D eigenvalue weighted by atomic mass is 10.1. The molecule has 0 radical (unpaired) electrons. The normalized spacial score (nSPS) is 17.0. The number of nitrogen functional groups attached to an aromatic ring is 2. The second kappa shape index (κ2) is 8.12. The molecule has 3 aromatic rings. The number of ether oxygens (including phenoxy) is 2. The number of fused-ring (bicyclic) bond motifs is 1. The van der Waals surface area contributed by atoms with E-state index in [4.69, 9.17) is 20.9 Å². The molecule has 2 aromatic heterocycles. The van der Waals surface area contributed by atoms with Gasteiger partial charge in [-0.3, -0.25) is 5.10 Å². The van der Waals surface area contributed by atoms with Gasteiger partial charge in [-0.2, -0.15) is 10.1 Å². The van der Waals surface area contributed by atoms with Crippen LogP contribution in [0.2, 0.25) is 0 Å². The molecule has 154 valence electrons. The summed E-state index contributed by atoms with van der Waals surface area (Å²) in [6.07, 6.45) is 2.11. The first-order chi connectivity index (χ1) is 14.1. The van der Waals surface area contributed by atoms with E-state index in [1.165, 1.54) is 0 Å². The molecule has 1 saturated heterocycles. The van der Waals surface area contributed by atoms with E-state index < -0.39 is 0 Å². The Morgan fingerprint density at radius 2 is 2.10 bits per heavy atom. The van der Waals surface area contributed by atoms with Crippen molar-refractivity contribution in [2.24, 2.45) is 0 Å². The molecule has 0 aliphatic carbocycles. The Balaban J connectivity index is 1.78. The number of nitrogens with zero attached hydrogens (tertiary/aromatic N) is 4. The third-order valence-electron chi connectivity index (χ3n) is 5.12. The van der Waals surface area contributed by atoms with Crippen LogP contribution in [0.3, 0.4) is 0 Å². The van der Waals surface area contributed by atoms with Gasteiger partial charge in [-0.25, -0.2) is 4.98 Å². The van der Waals surface area contributed by atoms with Gasteiger partial charge in [0.2, 0.25) is 5.95 Å². The molecule has 0 saturated carbocycles. The van der Waals surface area contributed by atoms with E-state index in [0.717, 1.165) is 47.4 Å². The number of hydrogen-bond donors (Lipinski definition) is 3. The molecule has 1 aromatic carbocycles. The maximum atomic E-state index is 6.08. The molecule has 0 bridgehead atoms. The van der Waals surface area contributed by atoms with Gasteiger partial charge in [-0.15, -0.1) is 0 Å². The molecular weight excluding hydrogens is 370 g/mol. The van der Waals surface area contributed by atoms with Crippen LogP contribution < -0.4 is 21.1 Å². The van der Waals surface area contributed by atoms with E-state index in [-0.39, 0.29) is 12.0 Å². The van der Waals surface area contributed by atoms with Crippen molar-refractivity contribution in [1.29, 1.82) is 0 Å². The van der Waals surface area contributed by atoms with Crippen LogP contribution in [0.1, 0.15) is 26.7 Å². The molecule has 5 N–H and O–H groups in total. The Bertz CT molecular complexity index is 1000. The molecule has 29 heavy (non-hydrogen) atoms. The summed E-state index contributed by atoms with van der Waals surface area (Å²) in [5.41, 5.74) is 14.5. The molecule has 9 nitrogen and oxygen atoms in total. The standard InChI is InChI=1S/C20H27N7O2/c1-3-5-13-11-28-7-6-27(13)17-10-14(23-20(22)24-17)12-8-15-18(19(21)26-25-15)16(9-12)29-4-2/h8-10,13H,3-7,11H2,1-2H3,(H3,21,25,26)(H2,22,23,24). The van der Waals surface area contributed by atoms with Crippen molar-refractivity contribution >= 4 is 28.5 Å². The molecular formula is C20H27N7O2. The molecule has 1 atom stereocenters.